The Balaban J connectivity index is 2.17. The second-order valence-electron chi connectivity index (χ2n) is 4.06. The molecule has 0 unspecified atom stereocenters. The predicted octanol–water partition coefficient (Wildman–Crippen LogP) is 2.88. The van der Waals surface area contributed by atoms with Crippen LogP contribution >= 0.6 is 11.6 Å². The molecule has 0 atom stereocenters. The number of rotatable bonds is 5. The van der Waals surface area contributed by atoms with Gasteiger partial charge in [-0.05, 0) is 24.3 Å². The van der Waals surface area contributed by atoms with E-state index in [9.17, 15) is 4.79 Å². The fourth-order valence-electron chi connectivity index (χ4n) is 1.72. The number of pyridine rings is 1. The molecule has 0 saturated carbocycles. The van der Waals surface area contributed by atoms with Gasteiger partial charge in [0, 0.05) is 6.54 Å². The fraction of sp³-hybridized carbons (Fsp3) is 0.214. The first-order valence-corrected chi connectivity index (χ1v) is 6.39. The molecule has 0 aromatic carbocycles. The third-order valence-electron chi connectivity index (χ3n) is 2.64. The standard InChI is InChI=1S/C14H12ClN3O2/c15-13-6-1-5-12(17-13)14(19)18(8-3-7-16)10-11-4-2-9-20-11/h1-2,4-6,9H,3,8,10H2. The van der Waals surface area contributed by atoms with Gasteiger partial charge in [0.2, 0.25) is 0 Å². The van der Waals surface area contributed by atoms with Gasteiger partial charge < -0.3 is 9.32 Å². The summed E-state index contributed by atoms with van der Waals surface area (Å²) >= 11 is 5.79. The Bertz CT molecular complexity index is 620. The minimum Gasteiger partial charge on any atom is -0.467 e. The molecule has 2 aromatic rings. The van der Waals surface area contributed by atoms with Crippen LogP contribution in [-0.4, -0.2) is 22.3 Å². The molecule has 0 spiro atoms. The van der Waals surface area contributed by atoms with E-state index in [0.717, 1.165) is 0 Å². The zero-order chi connectivity index (χ0) is 14.4. The Morgan fingerprint density at radius 2 is 2.25 bits per heavy atom. The summed E-state index contributed by atoms with van der Waals surface area (Å²) in [7, 11) is 0. The van der Waals surface area contributed by atoms with Crippen molar-refractivity contribution < 1.29 is 9.21 Å². The largest absolute Gasteiger partial charge is 0.467 e. The Morgan fingerprint density at radius 1 is 1.40 bits per heavy atom. The van der Waals surface area contributed by atoms with Crippen molar-refractivity contribution in [2.75, 3.05) is 6.54 Å². The van der Waals surface area contributed by atoms with E-state index in [-0.39, 0.29) is 23.2 Å². The first-order chi connectivity index (χ1) is 9.70. The van der Waals surface area contributed by atoms with Crippen molar-refractivity contribution in [3.8, 4) is 6.07 Å². The molecule has 1 amide bonds. The van der Waals surface area contributed by atoms with Gasteiger partial charge in [-0.15, -0.1) is 0 Å². The quantitative estimate of drug-likeness (QED) is 0.794. The summed E-state index contributed by atoms with van der Waals surface area (Å²) in [5.41, 5.74) is 0.252. The highest BCUT2D eigenvalue weighted by Gasteiger charge is 2.18. The van der Waals surface area contributed by atoms with Crippen LogP contribution < -0.4 is 0 Å². The molecule has 0 bridgehead atoms. The van der Waals surface area contributed by atoms with Crippen molar-refractivity contribution in [3.63, 3.8) is 0 Å². The van der Waals surface area contributed by atoms with E-state index in [2.05, 4.69) is 4.98 Å². The molecule has 0 aliphatic carbocycles. The van der Waals surface area contributed by atoms with Gasteiger partial charge in [-0.2, -0.15) is 5.26 Å². The maximum atomic E-state index is 12.4. The SMILES string of the molecule is N#CCCN(Cc1ccco1)C(=O)c1cccc(Cl)n1. The van der Waals surface area contributed by atoms with E-state index in [4.69, 9.17) is 21.3 Å². The van der Waals surface area contributed by atoms with Gasteiger partial charge in [0.25, 0.3) is 5.91 Å². The van der Waals surface area contributed by atoms with Crippen LogP contribution in [-0.2, 0) is 6.54 Å². The molecule has 0 radical (unpaired) electrons. The Morgan fingerprint density at radius 3 is 2.90 bits per heavy atom. The number of carbonyl (C=O) groups excluding carboxylic acids is 1. The highest BCUT2D eigenvalue weighted by atomic mass is 35.5. The van der Waals surface area contributed by atoms with Crippen LogP contribution in [0.1, 0.15) is 22.7 Å². The molecule has 0 N–H and O–H groups in total. The molecule has 2 rings (SSSR count). The number of aromatic nitrogens is 1. The molecular weight excluding hydrogens is 278 g/mol. The Labute approximate surface area is 121 Å². The molecule has 6 heteroatoms. The summed E-state index contributed by atoms with van der Waals surface area (Å²) in [5, 5.41) is 8.95. The summed E-state index contributed by atoms with van der Waals surface area (Å²) in [6.45, 7) is 0.603. The smallest absolute Gasteiger partial charge is 0.272 e. The highest BCUT2D eigenvalue weighted by Crippen LogP contribution is 2.12. The maximum Gasteiger partial charge on any atom is 0.272 e. The summed E-state index contributed by atoms with van der Waals surface area (Å²) < 4.78 is 5.23. The molecule has 2 heterocycles. The predicted molar refractivity (Wildman–Crippen MR) is 72.9 cm³/mol. The number of hydrogen-bond donors (Lipinski definition) is 0. The van der Waals surface area contributed by atoms with Gasteiger partial charge in [0.1, 0.15) is 16.6 Å². The number of furan rings is 1. The van der Waals surface area contributed by atoms with Gasteiger partial charge in [-0.3, -0.25) is 4.79 Å². The second-order valence-corrected chi connectivity index (χ2v) is 4.45. The van der Waals surface area contributed by atoms with Crippen molar-refractivity contribution in [3.05, 3.63) is 53.2 Å². The molecule has 0 aliphatic rings. The van der Waals surface area contributed by atoms with Crippen LogP contribution in [0.4, 0.5) is 0 Å². The van der Waals surface area contributed by atoms with Gasteiger partial charge >= 0.3 is 0 Å². The summed E-state index contributed by atoms with van der Waals surface area (Å²) in [6, 6.07) is 10.4. The first kappa shape index (κ1) is 14.1. The fourth-order valence-corrected chi connectivity index (χ4v) is 1.88. The number of carbonyl (C=O) groups is 1. The minimum atomic E-state index is -0.279. The molecule has 5 nitrogen and oxygen atoms in total. The van der Waals surface area contributed by atoms with Crippen LogP contribution in [0.3, 0.4) is 0 Å². The van der Waals surface area contributed by atoms with Crippen LogP contribution in [0.15, 0.2) is 41.0 Å². The van der Waals surface area contributed by atoms with E-state index in [1.807, 2.05) is 6.07 Å². The lowest BCUT2D eigenvalue weighted by Crippen LogP contribution is -2.31. The summed E-state index contributed by atoms with van der Waals surface area (Å²) in [4.78, 5) is 17.9. The van der Waals surface area contributed by atoms with Crippen LogP contribution in [0, 0.1) is 11.3 Å². The average molecular weight is 290 g/mol. The molecule has 102 valence electrons. The number of halogens is 1. The summed E-state index contributed by atoms with van der Waals surface area (Å²) in [5.74, 6) is 0.373. The van der Waals surface area contributed by atoms with Gasteiger partial charge in [0.05, 0.1) is 25.3 Å². The molecule has 20 heavy (non-hydrogen) atoms. The van der Waals surface area contributed by atoms with Crippen LogP contribution in [0.5, 0.6) is 0 Å². The lowest BCUT2D eigenvalue weighted by atomic mass is 10.2. The lowest BCUT2D eigenvalue weighted by Gasteiger charge is -2.20. The van der Waals surface area contributed by atoms with E-state index in [0.29, 0.717) is 18.8 Å². The Kier molecular flexibility index (Phi) is 4.75. The zero-order valence-electron chi connectivity index (χ0n) is 10.6. The monoisotopic (exact) mass is 289 g/mol. The van der Waals surface area contributed by atoms with E-state index in [1.54, 1.807) is 36.6 Å². The Hall–Kier alpha value is -2.32. The normalized spacial score (nSPS) is 10.0. The average Bonchev–Trinajstić information content (AvgIpc) is 2.95. The van der Waals surface area contributed by atoms with Gasteiger partial charge in [-0.25, -0.2) is 4.98 Å². The number of nitriles is 1. The third kappa shape index (κ3) is 3.59. The van der Waals surface area contributed by atoms with Crippen molar-refractivity contribution in [2.45, 2.75) is 13.0 Å². The summed E-state index contributed by atoms with van der Waals surface area (Å²) in [6.07, 6.45) is 1.78. The van der Waals surface area contributed by atoms with E-state index >= 15 is 0 Å². The number of hydrogen-bond acceptors (Lipinski definition) is 4. The molecule has 0 aliphatic heterocycles. The van der Waals surface area contributed by atoms with E-state index < -0.39 is 0 Å². The van der Waals surface area contributed by atoms with Gasteiger partial charge in [-0.1, -0.05) is 17.7 Å². The molecule has 0 saturated heterocycles. The van der Waals surface area contributed by atoms with Crippen molar-refractivity contribution in [2.24, 2.45) is 0 Å². The minimum absolute atomic E-state index is 0.243. The highest BCUT2D eigenvalue weighted by molar-refractivity contribution is 6.29. The maximum absolute atomic E-state index is 12.4. The lowest BCUT2D eigenvalue weighted by molar-refractivity contribution is 0.0729. The van der Waals surface area contributed by atoms with Crippen molar-refractivity contribution in [1.29, 1.82) is 5.26 Å². The van der Waals surface area contributed by atoms with Crippen LogP contribution in [0.2, 0.25) is 5.15 Å². The van der Waals surface area contributed by atoms with Crippen molar-refractivity contribution >= 4 is 17.5 Å². The van der Waals surface area contributed by atoms with Crippen molar-refractivity contribution in [1.82, 2.24) is 9.88 Å². The van der Waals surface area contributed by atoms with Gasteiger partial charge in [0.15, 0.2) is 0 Å². The molecular formula is C14H12ClN3O2. The molecule has 2 aromatic heterocycles. The molecule has 0 fully saturated rings. The first-order valence-electron chi connectivity index (χ1n) is 6.02. The van der Waals surface area contributed by atoms with Crippen LogP contribution in [0.25, 0.3) is 0 Å². The number of nitrogens with zero attached hydrogens (tertiary/aromatic N) is 3. The third-order valence-corrected chi connectivity index (χ3v) is 2.85. The second kappa shape index (κ2) is 6.73. The number of amides is 1. The zero-order valence-corrected chi connectivity index (χ0v) is 11.4. The van der Waals surface area contributed by atoms with E-state index in [1.165, 1.54) is 4.90 Å². The topological polar surface area (TPSA) is 70.1 Å².